The minimum atomic E-state index is -2.96. The van der Waals surface area contributed by atoms with Crippen molar-refractivity contribution < 1.29 is 23.0 Å². The molecule has 3 aromatic rings. The molecule has 0 aliphatic rings. The second-order valence-corrected chi connectivity index (χ2v) is 5.99. The van der Waals surface area contributed by atoms with E-state index in [0.29, 0.717) is 22.6 Å². The summed E-state index contributed by atoms with van der Waals surface area (Å²) in [5.74, 6) is 0.390. The number of carbonyl (C=O) groups excluding carboxylic acids is 1. The van der Waals surface area contributed by atoms with Crippen LogP contribution in [0.25, 0.3) is 11.1 Å². The number of halogens is 2. The molecular formula is C20H19F2N3O3. The van der Waals surface area contributed by atoms with E-state index < -0.39 is 12.7 Å². The molecule has 0 aliphatic carbocycles. The Balaban J connectivity index is 1.89. The van der Waals surface area contributed by atoms with Crippen LogP contribution in [0.3, 0.4) is 0 Å². The van der Waals surface area contributed by atoms with Crippen molar-refractivity contribution in [2.75, 3.05) is 12.4 Å². The molecule has 1 aromatic heterocycles. The van der Waals surface area contributed by atoms with Crippen LogP contribution in [0.2, 0.25) is 0 Å². The van der Waals surface area contributed by atoms with Crippen LogP contribution in [0.4, 0.5) is 14.5 Å². The molecule has 1 heterocycles. The number of aromatic nitrogens is 2. The van der Waals surface area contributed by atoms with Crippen LogP contribution in [0, 0.1) is 0 Å². The molecule has 8 heteroatoms. The fourth-order valence-corrected chi connectivity index (χ4v) is 2.68. The Morgan fingerprint density at radius 2 is 1.93 bits per heavy atom. The fourth-order valence-electron chi connectivity index (χ4n) is 2.68. The molecule has 0 unspecified atom stereocenters. The Labute approximate surface area is 160 Å². The third-order valence-electron chi connectivity index (χ3n) is 4.22. The summed E-state index contributed by atoms with van der Waals surface area (Å²) < 4.78 is 37.0. The van der Waals surface area contributed by atoms with Crippen molar-refractivity contribution in [3.8, 4) is 22.6 Å². The quantitative estimate of drug-likeness (QED) is 0.654. The van der Waals surface area contributed by atoms with Crippen molar-refractivity contribution in [3.05, 3.63) is 61.2 Å². The number of hydrogen-bond donors (Lipinski definition) is 1. The first-order valence-corrected chi connectivity index (χ1v) is 8.49. The van der Waals surface area contributed by atoms with E-state index in [1.165, 1.54) is 19.2 Å². The van der Waals surface area contributed by atoms with E-state index in [9.17, 15) is 13.6 Å². The van der Waals surface area contributed by atoms with Crippen molar-refractivity contribution in [1.29, 1.82) is 0 Å². The molecule has 1 amide bonds. The SMILES string of the molecule is COc1ccc(-c2cc(NC(=O)[C@@H](C)n3ccnc3)ccc2OC(F)F)cc1. The minimum Gasteiger partial charge on any atom is -0.497 e. The lowest BCUT2D eigenvalue weighted by Gasteiger charge is -2.16. The maximum atomic E-state index is 12.8. The molecular weight excluding hydrogens is 368 g/mol. The van der Waals surface area contributed by atoms with E-state index in [-0.39, 0.29) is 11.7 Å². The number of nitrogens with one attached hydrogen (secondary N) is 1. The number of nitrogens with zero attached hydrogens (tertiary/aromatic N) is 2. The van der Waals surface area contributed by atoms with E-state index >= 15 is 0 Å². The molecule has 0 spiro atoms. The topological polar surface area (TPSA) is 65.4 Å². The lowest BCUT2D eigenvalue weighted by Crippen LogP contribution is -2.22. The van der Waals surface area contributed by atoms with Crippen LogP contribution in [0.5, 0.6) is 11.5 Å². The minimum absolute atomic E-state index is 0.0147. The number of imidazole rings is 1. The number of alkyl halides is 2. The van der Waals surface area contributed by atoms with Gasteiger partial charge in [-0.25, -0.2) is 4.98 Å². The highest BCUT2D eigenvalue weighted by molar-refractivity contribution is 5.94. The summed E-state index contributed by atoms with van der Waals surface area (Å²) in [6.45, 7) is -1.23. The number of rotatable bonds is 7. The monoisotopic (exact) mass is 387 g/mol. The summed E-state index contributed by atoms with van der Waals surface area (Å²) in [7, 11) is 1.54. The maximum absolute atomic E-state index is 12.8. The maximum Gasteiger partial charge on any atom is 0.387 e. The predicted octanol–water partition coefficient (Wildman–Crippen LogP) is 4.36. The van der Waals surface area contributed by atoms with Gasteiger partial charge in [0.15, 0.2) is 0 Å². The summed E-state index contributed by atoms with van der Waals surface area (Å²) in [5, 5.41) is 2.79. The zero-order chi connectivity index (χ0) is 20.1. The normalized spacial score (nSPS) is 11.9. The third-order valence-corrected chi connectivity index (χ3v) is 4.22. The van der Waals surface area contributed by atoms with E-state index in [2.05, 4.69) is 15.0 Å². The predicted molar refractivity (Wildman–Crippen MR) is 101 cm³/mol. The van der Waals surface area contributed by atoms with E-state index in [1.54, 1.807) is 60.5 Å². The van der Waals surface area contributed by atoms with Gasteiger partial charge in [0.25, 0.3) is 0 Å². The van der Waals surface area contributed by atoms with Gasteiger partial charge in [-0.15, -0.1) is 0 Å². The lowest BCUT2D eigenvalue weighted by atomic mass is 10.0. The Morgan fingerprint density at radius 1 is 1.18 bits per heavy atom. The van der Waals surface area contributed by atoms with E-state index in [4.69, 9.17) is 4.74 Å². The number of amides is 1. The molecule has 6 nitrogen and oxygen atoms in total. The fraction of sp³-hybridized carbons (Fsp3) is 0.200. The van der Waals surface area contributed by atoms with Gasteiger partial charge in [0.2, 0.25) is 5.91 Å². The molecule has 1 N–H and O–H groups in total. The summed E-state index contributed by atoms with van der Waals surface area (Å²) in [5.41, 5.74) is 1.54. The number of ether oxygens (including phenoxy) is 2. The molecule has 0 bridgehead atoms. The highest BCUT2D eigenvalue weighted by Gasteiger charge is 2.17. The summed E-state index contributed by atoms with van der Waals surface area (Å²) in [6.07, 6.45) is 4.82. The molecule has 146 valence electrons. The van der Waals surface area contributed by atoms with Gasteiger partial charge in [-0.05, 0) is 42.8 Å². The van der Waals surface area contributed by atoms with Crippen LogP contribution in [-0.2, 0) is 4.79 Å². The van der Waals surface area contributed by atoms with Gasteiger partial charge in [0, 0.05) is 23.6 Å². The average molecular weight is 387 g/mol. The van der Waals surface area contributed by atoms with Crippen molar-refractivity contribution >= 4 is 11.6 Å². The molecule has 2 aromatic carbocycles. The Kier molecular flexibility index (Phi) is 5.88. The molecule has 0 fully saturated rings. The summed E-state index contributed by atoms with van der Waals surface area (Å²) in [6, 6.07) is 10.9. The molecule has 3 rings (SSSR count). The van der Waals surface area contributed by atoms with Gasteiger partial charge >= 0.3 is 6.61 Å². The van der Waals surface area contributed by atoms with Crippen LogP contribution < -0.4 is 14.8 Å². The van der Waals surface area contributed by atoms with Crippen LogP contribution in [-0.4, -0.2) is 29.2 Å². The van der Waals surface area contributed by atoms with Crippen molar-refractivity contribution in [3.63, 3.8) is 0 Å². The van der Waals surface area contributed by atoms with Gasteiger partial charge in [-0.1, -0.05) is 12.1 Å². The highest BCUT2D eigenvalue weighted by atomic mass is 19.3. The van der Waals surface area contributed by atoms with Gasteiger partial charge in [-0.3, -0.25) is 4.79 Å². The molecule has 0 aliphatic heterocycles. The Bertz CT molecular complexity index is 928. The first-order valence-electron chi connectivity index (χ1n) is 8.49. The van der Waals surface area contributed by atoms with Crippen LogP contribution in [0.1, 0.15) is 13.0 Å². The summed E-state index contributed by atoms with van der Waals surface area (Å²) in [4.78, 5) is 16.4. The molecule has 0 saturated carbocycles. The second kappa shape index (κ2) is 8.51. The van der Waals surface area contributed by atoms with Gasteiger partial charge in [0.1, 0.15) is 17.5 Å². The summed E-state index contributed by atoms with van der Waals surface area (Å²) >= 11 is 0. The third kappa shape index (κ3) is 4.46. The van der Waals surface area contributed by atoms with E-state index in [1.807, 2.05) is 0 Å². The first-order chi connectivity index (χ1) is 13.5. The van der Waals surface area contributed by atoms with Crippen LogP contribution >= 0.6 is 0 Å². The number of benzene rings is 2. The number of carbonyl (C=O) groups is 1. The van der Waals surface area contributed by atoms with Gasteiger partial charge in [-0.2, -0.15) is 8.78 Å². The Morgan fingerprint density at radius 3 is 2.54 bits per heavy atom. The number of hydrogen-bond acceptors (Lipinski definition) is 4. The first kappa shape index (κ1) is 19.3. The standard InChI is InChI=1S/C20H19F2N3O3/c1-13(25-10-9-23-12-25)19(26)24-15-5-8-18(28-20(21)22)17(11-15)14-3-6-16(27-2)7-4-14/h3-13,20H,1-2H3,(H,24,26)/t13-/m1/s1. The number of methoxy groups -OCH3 is 1. The van der Waals surface area contributed by atoms with Crippen LogP contribution in [0.15, 0.2) is 61.2 Å². The molecule has 1 atom stereocenters. The second-order valence-electron chi connectivity index (χ2n) is 5.99. The molecule has 28 heavy (non-hydrogen) atoms. The van der Waals surface area contributed by atoms with Crippen molar-refractivity contribution in [2.45, 2.75) is 19.6 Å². The molecule has 0 radical (unpaired) electrons. The zero-order valence-electron chi connectivity index (χ0n) is 15.3. The highest BCUT2D eigenvalue weighted by Crippen LogP contribution is 2.34. The number of anilines is 1. The van der Waals surface area contributed by atoms with Gasteiger partial charge < -0.3 is 19.4 Å². The Hall–Kier alpha value is -3.42. The lowest BCUT2D eigenvalue weighted by molar-refractivity contribution is -0.118. The van der Waals surface area contributed by atoms with Crippen molar-refractivity contribution in [1.82, 2.24) is 9.55 Å². The van der Waals surface area contributed by atoms with Crippen molar-refractivity contribution in [2.24, 2.45) is 0 Å². The largest absolute Gasteiger partial charge is 0.497 e. The average Bonchev–Trinajstić information content (AvgIpc) is 3.23. The zero-order valence-corrected chi connectivity index (χ0v) is 15.3. The van der Waals surface area contributed by atoms with E-state index in [0.717, 1.165) is 0 Å². The molecule has 0 saturated heterocycles. The smallest absolute Gasteiger partial charge is 0.387 e. The van der Waals surface area contributed by atoms with Gasteiger partial charge in [0.05, 0.1) is 13.4 Å².